The Hall–Kier alpha value is -1.38. The summed E-state index contributed by atoms with van der Waals surface area (Å²) in [6.45, 7) is 3.89. The first-order valence-electron chi connectivity index (χ1n) is 6.34. The number of sulfonamides is 1. The molecule has 2 heterocycles. The Bertz CT molecular complexity index is 717. The van der Waals surface area contributed by atoms with Crippen LogP contribution in [0.2, 0.25) is 0 Å². The molecule has 0 aliphatic carbocycles. The number of nitrogens with one attached hydrogen (secondary N) is 1. The second kappa shape index (κ2) is 6.59. The number of ether oxygens (including phenoxy) is 1. The van der Waals surface area contributed by atoms with E-state index in [1.165, 1.54) is 17.4 Å². The van der Waals surface area contributed by atoms with E-state index >= 15 is 0 Å². The van der Waals surface area contributed by atoms with Crippen molar-refractivity contribution in [1.82, 2.24) is 0 Å². The smallest absolute Gasteiger partial charge is 0.341 e. The number of esters is 1. The fourth-order valence-electron chi connectivity index (χ4n) is 1.64. The Morgan fingerprint density at radius 1 is 1.38 bits per heavy atom. The highest BCUT2D eigenvalue weighted by atomic mass is 32.2. The van der Waals surface area contributed by atoms with Crippen molar-refractivity contribution in [2.24, 2.45) is 0 Å². The zero-order valence-electron chi connectivity index (χ0n) is 11.6. The molecule has 0 saturated carbocycles. The van der Waals surface area contributed by atoms with Crippen LogP contribution >= 0.6 is 22.7 Å². The summed E-state index contributed by atoms with van der Waals surface area (Å²) in [6, 6.07) is 4.86. The van der Waals surface area contributed by atoms with Gasteiger partial charge >= 0.3 is 5.97 Å². The molecule has 2 rings (SSSR count). The minimum atomic E-state index is -3.66. The van der Waals surface area contributed by atoms with Gasteiger partial charge in [0.2, 0.25) is 0 Å². The van der Waals surface area contributed by atoms with Crippen molar-refractivity contribution in [1.29, 1.82) is 0 Å². The lowest BCUT2D eigenvalue weighted by molar-refractivity contribution is 0.0528. The summed E-state index contributed by atoms with van der Waals surface area (Å²) in [5.74, 6) is -0.516. The molecule has 0 spiro atoms. The van der Waals surface area contributed by atoms with Crippen molar-refractivity contribution >= 4 is 43.7 Å². The van der Waals surface area contributed by atoms with Crippen molar-refractivity contribution in [3.8, 4) is 0 Å². The summed E-state index contributed by atoms with van der Waals surface area (Å²) in [5.41, 5.74) is 0.263. The SMILES string of the molecule is CCOC(=O)c1cc(CC)sc1NS(=O)(=O)c1cccs1. The fourth-order valence-corrected chi connectivity index (χ4v) is 4.93. The standard InChI is InChI=1S/C13H15NO4S3/c1-3-9-8-10(13(15)18-4-2)12(20-9)14-21(16,17)11-6-5-7-19-11/h5-8,14H,3-4H2,1-2H3. The zero-order valence-corrected chi connectivity index (χ0v) is 14.0. The van der Waals surface area contributed by atoms with Gasteiger partial charge in [-0.25, -0.2) is 13.2 Å². The average Bonchev–Trinajstić information content (AvgIpc) is 3.07. The number of thiophene rings is 2. The highest BCUT2D eigenvalue weighted by Crippen LogP contribution is 2.32. The molecule has 2 aromatic rings. The fraction of sp³-hybridized carbons (Fsp3) is 0.308. The molecule has 0 aromatic carbocycles. The Morgan fingerprint density at radius 3 is 2.71 bits per heavy atom. The highest BCUT2D eigenvalue weighted by Gasteiger charge is 2.22. The molecule has 114 valence electrons. The van der Waals surface area contributed by atoms with Crippen LogP contribution in [0.1, 0.15) is 29.1 Å². The molecule has 8 heteroatoms. The number of hydrogen-bond acceptors (Lipinski definition) is 6. The maximum absolute atomic E-state index is 12.2. The van der Waals surface area contributed by atoms with Crippen LogP contribution in [0, 0.1) is 0 Å². The number of aryl methyl sites for hydroxylation is 1. The lowest BCUT2D eigenvalue weighted by Gasteiger charge is -2.06. The van der Waals surface area contributed by atoms with Gasteiger partial charge in [-0.1, -0.05) is 13.0 Å². The second-order valence-corrected chi connectivity index (χ2v) is 8.06. The van der Waals surface area contributed by atoms with Gasteiger partial charge in [0, 0.05) is 4.88 Å². The minimum absolute atomic E-state index is 0.212. The molecule has 0 aliphatic rings. The predicted molar refractivity (Wildman–Crippen MR) is 84.8 cm³/mol. The van der Waals surface area contributed by atoms with Crippen molar-refractivity contribution in [2.45, 2.75) is 24.5 Å². The lowest BCUT2D eigenvalue weighted by Crippen LogP contribution is -2.13. The minimum Gasteiger partial charge on any atom is -0.462 e. The normalized spacial score (nSPS) is 11.3. The van der Waals surface area contributed by atoms with Crippen molar-refractivity contribution in [3.63, 3.8) is 0 Å². The number of carbonyl (C=O) groups excluding carboxylic acids is 1. The second-order valence-electron chi connectivity index (χ2n) is 4.07. The van der Waals surface area contributed by atoms with E-state index < -0.39 is 16.0 Å². The molecule has 21 heavy (non-hydrogen) atoms. The molecule has 0 unspecified atom stereocenters. The third-order valence-electron chi connectivity index (χ3n) is 2.61. The van der Waals surface area contributed by atoms with E-state index in [2.05, 4.69) is 4.72 Å². The topological polar surface area (TPSA) is 72.5 Å². The van der Waals surface area contributed by atoms with Crippen LogP contribution < -0.4 is 4.72 Å². The first-order valence-corrected chi connectivity index (χ1v) is 9.52. The molecule has 5 nitrogen and oxygen atoms in total. The van der Waals surface area contributed by atoms with E-state index in [1.54, 1.807) is 24.4 Å². The van der Waals surface area contributed by atoms with E-state index in [-0.39, 0.29) is 16.4 Å². The van der Waals surface area contributed by atoms with Crippen LogP contribution in [-0.2, 0) is 21.2 Å². The summed E-state index contributed by atoms with van der Waals surface area (Å²) in [5, 5.41) is 1.99. The molecular weight excluding hydrogens is 330 g/mol. The highest BCUT2D eigenvalue weighted by molar-refractivity contribution is 7.94. The van der Waals surface area contributed by atoms with Crippen molar-refractivity contribution in [2.75, 3.05) is 11.3 Å². The summed E-state index contributed by atoms with van der Waals surface area (Å²) >= 11 is 2.38. The molecule has 0 atom stereocenters. The Labute approximate surface area is 131 Å². The van der Waals surface area contributed by atoms with Gasteiger partial charge in [0.05, 0.1) is 12.2 Å². The van der Waals surface area contributed by atoms with Crippen LogP contribution in [0.4, 0.5) is 5.00 Å². The van der Waals surface area contributed by atoms with Gasteiger partial charge in [-0.05, 0) is 30.9 Å². The maximum Gasteiger partial charge on any atom is 0.341 e. The average molecular weight is 345 g/mol. The Balaban J connectivity index is 2.35. The third-order valence-corrected chi connectivity index (χ3v) is 6.69. The van der Waals surface area contributed by atoms with E-state index in [0.717, 1.165) is 22.6 Å². The first-order chi connectivity index (χ1) is 9.97. The van der Waals surface area contributed by atoms with E-state index in [4.69, 9.17) is 4.74 Å². The molecule has 1 N–H and O–H groups in total. The van der Waals surface area contributed by atoms with Crippen LogP contribution in [0.15, 0.2) is 27.8 Å². The van der Waals surface area contributed by atoms with Gasteiger partial charge in [-0.15, -0.1) is 22.7 Å². The lowest BCUT2D eigenvalue weighted by atomic mass is 10.2. The van der Waals surface area contributed by atoms with Crippen LogP contribution in [0.3, 0.4) is 0 Å². The molecule has 0 fully saturated rings. The predicted octanol–water partition coefficient (Wildman–Crippen LogP) is 3.35. The van der Waals surface area contributed by atoms with E-state index in [0.29, 0.717) is 5.00 Å². The van der Waals surface area contributed by atoms with Gasteiger partial charge in [0.15, 0.2) is 0 Å². The molecule has 0 saturated heterocycles. The van der Waals surface area contributed by atoms with Crippen LogP contribution in [0.5, 0.6) is 0 Å². The van der Waals surface area contributed by atoms with Gasteiger partial charge in [0.1, 0.15) is 9.21 Å². The van der Waals surface area contributed by atoms with Gasteiger partial charge in [-0.2, -0.15) is 0 Å². The monoisotopic (exact) mass is 345 g/mol. The van der Waals surface area contributed by atoms with Gasteiger partial charge in [-0.3, -0.25) is 4.72 Å². The molecule has 2 aromatic heterocycles. The molecule has 0 radical (unpaired) electrons. The molecule has 0 amide bonds. The summed E-state index contributed by atoms with van der Waals surface area (Å²) < 4.78 is 32.2. The first kappa shape index (κ1) is 16.0. The summed E-state index contributed by atoms with van der Waals surface area (Å²) in [6.07, 6.45) is 0.720. The molecular formula is C13H15NO4S3. The molecule has 0 bridgehead atoms. The van der Waals surface area contributed by atoms with Gasteiger partial charge < -0.3 is 4.74 Å². The Morgan fingerprint density at radius 2 is 2.14 bits per heavy atom. The number of rotatable bonds is 6. The number of carbonyl (C=O) groups is 1. The number of anilines is 1. The van der Waals surface area contributed by atoms with Crippen LogP contribution in [0.25, 0.3) is 0 Å². The zero-order chi connectivity index (χ0) is 15.5. The van der Waals surface area contributed by atoms with Gasteiger partial charge in [0.25, 0.3) is 10.0 Å². The van der Waals surface area contributed by atoms with E-state index in [9.17, 15) is 13.2 Å². The third kappa shape index (κ3) is 3.63. The summed E-state index contributed by atoms with van der Waals surface area (Å²) in [7, 11) is -3.66. The largest absolute Gasteiger partial charge is 0.462 e. The van der Waals surface area contributed by atoms with E-state index in [1.807, 2.05) is 6.92 Å². The van der Waals surface area contributed by atoms with Crippen molar-refractivity contribution in [3.05, 3.63) is 34.0 Å². The quantitative estimate of drug-likeness (QED) is 0.815. The van der Waals surface area contributed by atoms with Crippen LogP contribution in [-0.4, -0.2) is 21.0 Å². The summed E-state index contributed by atoms with van der Waals surface area (Å²) in [4.78, 5) is 12.8. The Kier molecular flexibility index (Phi) is 5.02. The number of hydrogen-bond donors (Lipinski definition) is 1. The molecule has 0 aliphatic heterocycles. The van der Waals surface area contributed by atoms with Crippen molar-refractivity contribution < 1.29 is 17.9 Å². The maximum atomic E-state index is 12.2.